The minimum Gasteiger partial charge on any atom is -0.480 e. The molecule has 6 nitrogen and oxygen atoms in total. The molecule has 1 amide bonds. The Balaban J connectivity index is 2.29. The predicted molar refractivity (Wildman–Crippen MR) is 67.4 cm³/mol. The summed E-state index contributed by atoms with van der Waals surface area (Å²) >= 11 is 0. The number of Topliss-reactive ketones (excluding diaryl/α,β-unsaturated/α-hetero) is 1. The normalized spacial score (nSPS) is 15.8. The first kappa shape index (κ1) is 13.3. The molecule has 0 bridgehead atoms. The summed E-state index contributed by atoms with van der Waals surface area (Å²) < 4.78 is 0. The smallest absolute Gasteiger partial charge is 0.325 e. The van der Waals surface area contributed by atoms with Crippen molar-refractivity contribution in [2.75, 3.05) is 0 Å². The van der Waals surface area contributed by atoms with E-state index < -0.39 is 17.9 Å². The summed E-state index contributed by atoms with van der Waals surface area (Å²) in [7, 11) is 0. The molecule has 6 heteroatoms. The Morgan fingerprint density at radius 1 is 1.37 bits per heavy atom. The Labute approximate surface area is 110 Å². The second-order valence-corrected chi connectivity index (χ2v) is 4.79. The summed E-state index contributed by atoms with van der Waals surface area (Å²) in [6, 6.07) is -0.970. The Kier molecular flexibility index (Phi) is 3.42. The van der Waals surface area contributed by atoms with Gasteiger partial charge in [0.05, 0.1) is 0 Å². The van der Waals surface area contributed by atoms with E-state index in [4.69, 9.17) is 5.11 Å². The number of amides is 1. The summed E-state index contributed by atoms with van der Waals surface area (Å²) in [4.78, 5) is 37.5. The number of hydrogen-bond acceptors (Lipinski definition) is 3. The minimum absolute atomic E-state index is 0.0420. The molecule has 2 rings (SSSR count). The van der Waals surface area contributed by atoms with Crippen molar-refractivity contribution in [1.82, 2.24) is 10.3 Å². The van der Waals surface area contributed by atoms with Crippen LogP contribution in [-0.2, 0) is 11.2 Å². The van der Waals surface area contributed by atoms with Gasteiger partial charge in [-0.1, -0.05) is 0 Å². The first-order valence-corrected chi connectivity index (χ1v) is 6.20. The molecular weight excluding hydrogens is 248 g/mol. The number of carbonyl (C=O) groups excluding carboxylic acids is 2. The lowest BCUT2D eigenvalue weighted by Gasteiger charge is -2.09. The van der Waals surface area contributed by atoms with Crippen molar-refractivity contribution in [2.45, 2.75) is 39.2 Å². The van der Waals surface area contributed by atoms with E-state index >= 15 is 0 Å². The van der Waals surface area contributed by atoms with Gasteiger partial charge >= 0.3 is 5.97 Å². The number of aromatic nitrogens is 1. The van der Waals surface area contributed by atoms with Crippen molar-refractivity contribution in [3.63, 3.8) is 0 Å². The highest BCUT2D eigenvalue weighted by Crippen LogP contribution is 2.26. The van der Waals surface area contributed by atoms with E-state index in [1.165, 1.54) is 6.92 Å². The molecule has 1 atom stereocenters. The zero-order valence-corrected chi connectivity index (χ0v) is 10.9. The van der Waals surface area contributed by atoms with Gasteiger partial charge in [0.25, 0.3) is 5.91 Å². The molecule has 0 aliphatic heterocycles. The topological polar surface area (TPSA) is 99.3 Å². The van der Waals surface area contributed by atoms with Gasteiger partial charge in [0.1, 0.15) is 11.7 Å². The summed E-state index contributed by atoms with van der Waals surface area (Å²) in [5, 5.41) is 11.2. The lowest BCUT2D eigenvalue weighted by atomic mass is 9.94. The summed E-state index contributed by atoms with van der Waals surface area (Å²) in [6.07, 6.45) is 2.01. The maximum Gasteiger partial charge on any atom is 0.325 e. The van der Waals surface area contributed by atoms with E-state index in [0.717, 1.165) is 18.5 Å². The molecule has 0 saturated carbocycles. The highest BCUT2D eigenvalue weighted by molar-refractivity contribution is 6.04. The lowest BCUT2D eigenvalue weighted by Crippen LogP contribution is -2.38. The van der Waals surface area contributed by atoms with E-state index in [1.54, 1.807) is 6.92 Å². The summed E-state index contributed by atoms with van der Waals surface area (Å²) in [5.74, 6) is -1.55. The standard InChI is InChI=1S/C13H16N2O4/c1-6-10-8(4-3-5-9(10)16)15-11(6)12(17)14-7(2)13(18)19/h7,15H,3-5H2,1-2H3,(H,14,17)(H,18,19)/t7-/m0/s1. The van der Waals surface area contributed by atoms with Crippen LogP contribution < -0.4 is 5.32 Å². The Bertz CT molecular complexity index is 559. The number of carboxylic acids is 1. The zero-order chi connectivity index (χ0) is 14.2. The van der Waals surface area contributed by atoms with Gasteiger partial charge in [0.2, 0.25) is 0 Å². The number of aryl methyl sites for hydroxylation is 1. The molecule has 1 aromatic rings. The maximum atomic E-state index is 12.0. The van der Waals surface area contributed by atoms with Gasteiger partial charge in [0.15, 0.2) is 5.78 Å². The number of nitrogens with one attached hydrogen (secondary N) is 2. The molecule has 0 saturated heterocycles. The summed E-state index contributed by atoms with van der Waals surface area (Å²) in [6.45, 7) is 3.10. The fourth-order valence-corrected chi connectivity index (χ4v) is 2.33. The van der Waals surface area contributed by atoms with Gasteiger partial charge in [-0.25, -0.2) is 0 Å². The average molecular weight is 264 g/mol. The molecule has 1 aliphatic rings. The Morgan fingerprint density at radius 2 is 2.05 bits per heavy atom. The van der Waals surface area contributed by atoms with E-state index in [9.17, 15) is 14.4 Å². The van der Waals surface area contributed by atoms with Gasteiger partial charge < -0.3 is 15.4 Å². The quantitative estimate of drug-likeness (QED) is 0.759. The van der Waals surface area contributed by atoms with Crippen molar-refractivity contribution < 1.29 is 19.5 Å². The number of carbonyl (C=O) groups is 3. The third kappa shape index (κ3) is 2.38. The van der Waals surface area contributed by atoms with Crippen LogP contribution in [0, 0.1) is 6.92 Å². The number of ketones is 1. The number of hydrogen-bond donors (Lipinski definition) is 3. The largest absolute Gasteiger partial charge is 0.480 e. The maximum absolute atomic E-state index is 12.0. The fraction of sp³-hybridized carbons (Fsp3) is 0.462. The van der Waals surface area contributed by atoms with Crippen LogP contribution in [0.15, 0.2) is 0 Å². The highest BCUT2D eigenvalue weighted by atomic mass is 16.4. The first-order valence-electron chi connectivity index (χ1n) is 6.20. The lowest BCUT2D eigenvalue weighted by molar-refractivity contribution is -0.138. The molecule has 19 heavy (non-hydrogen) atoms. The van der Waals surface area contributed by atoms with Crippen LogP contribution in [0.25, 0.3) is 0 Å². The van der Waals surface area contributed by atoms with Crippen LogP contribution in [0.3, 0.4) is 0 Å². The van der Waals surface area contributed by atoms with Crippen LogP contribution in [-0.4, -0.2) is 33.8 Å². The Hall–Kier alpha value is -2.11. The second-order valence-electron chi connectivity index (χ2n) is 4.79. The molecular formula is C13H16N2O4. The highest BCUT2D eigenvalue weighted by Gasteiger charge is 2.27. The molecule has 0 fully saturated rings. The van der Waals surface area contributed by atoms with Gasteiger partial charge in [0, 0.05) is 17.7 Å². The summed E-state index contributed by atoms with van der Waals surface area (Å²) in [5.41, 5.74) is 2.27. The number of aromatic amines is 1. The van der Waals surface area contributed by atoms with Crippen LogP contribution in [0.4, 0.5) is 0 Å². The zero-order valence-electron chi connectivity index (χ0n) is 10.9. The van der Waals surface area contributed by atoms with Crippen molar-refractivity contribution in [1.29, 1.82) is 0 Å². The molecule has 3 N–H and O–H groups in total. The molecule has 0 unspecified atom stereocenters. The minimum atomic E-state index is -1.10. The van der Waals surface area contributed by atoms with Crippen LogP contribution in [0.5, 0.6) is 0 Å². The van der Waals surface area contributed by atoms with E-state index in [1.807, 2.05) is 0 Å². The number of H-pyrrole nitrogens is 1. The molecule has 1 aliphatic carbocycles. The van der Waals surface area contributed by atoms with Crippen LogP contribution >= 0.6 is 0 Å². The molecule has 102 valence electrons. The number of aliphatic carboxylic acids is 1. The molecule has 0 aromatic carbocycles. The van der Waals surface area contributed by atoms with E-state index in [-0.39, 0.29) is 11.5 Å². The van der Waals surface area contributed by atoms with Crippen LogP contribution in [0.1, 0.15) is 51.9 Å². The van der Waals surface area contributed by atoms with Crippen LogP contribution in [0.2, 0.25) is 0 Å². The van der Waals surface area contributed by atoms with Gasteiger partial charge in [-0.15, -0.1) is 0 Å². The van der Waals surface area contributed by atoms with E-state index in [0.29, 0.717) is 17.5 Å². The molecule has 1 aromatic heterocycles. The first-order chi connectivity index (χ1) is 8.91. The molecule has 0 radical (unpaired) electrons. The molecule has 1 heterocycles. The number of fused-ring (bicyclic) bond motifs is 1. The number of rotatable bonds is 3. The van der Waals surface area contributed by atoms with Crippen molar-refractivity contribution in [3.8, 4) is 0 Å². The fourth-order valence-electron chi connectivity index (χ4n) is 2.33. The van der Waals surface area contributed by atoms with Crippen molar-refractivity contribution >= 4 is 17.7 Å². The second kappa shape index (κ2) is 4.87. The van der Waals surface area contributed by atoms with Crippen molar-refractivity contribution in [3.05, 3.63) is 22.5 Å². The molecule has 0 spiro atoms. The van der Waals surface area contributed by atoms with Gasteiger partial charge in [-0.05, 0) is 32.3 Å². The third-order valence-electron chi connectivity index (χ3n) is 3.38. The average Bonchev–Trinajstić information content (AvgIpc) is 2.68. The number of carboxylic acid groups (broad SMARTS) is 1. The Morgan fingerprint density at radius 3 is 2.63 bits per heavy atom. The van der Waals surface area contributed by atoms with E-state index in [2.05, 4.69) is 10.3 Å². The monoisotopic (exact) mass is 264 g/mol. The van der Waals surface area contributed by atoms with Crippen molar-refractivity contribution in [2.24, 2.45) is 0 Å². The SMILES string of the molecule is Cc1c(C(=O)N[C@@H](C)C(=O)O)[nH]c2c1C(=O)CCC2. The predicted octanol–water partition coefficient (Wildman–Crippen LogP) is 1.05. The third-order valence-corrected chi connectivity index (χ3v) is 3.38. The van der Waals surface area contributed by atoms with Gasteiger partial charge in [-0.3, -0.25) is 14.4 Å². The van der Waals surface area contributed by atoms with Gasteiger partial charge in [-0.2, -0.15) is 0 Å².